The molecule has 14 heavy (non-hydrogen) atoms. The Hall–Kier alpha value is -1.00. The van der Waals surface area contributed by atoms with Crippen LogP contribution < -0.4 is 0 Å². The van der Waals surface area contributed by atoms with Crippen molar-refractivity contribution in [1.82, 2.24) is 0 Å². The first-order chi connectivity index (χ1) is 6.70. The fourth-order valence-electron chi connectivity index (χ4n) is 1.62. The van der Waals surface area contributed by atoms with Crippen molar-refractivity contribution in [3.63, 3.8) is 0 Å². The molecule has 2 nitrogen and oxygen atoms in total. The van der Waals surface area contributed by atoms with E-state index < -0.39 is 18.6 Å². The third-order valence-corrected chi connectivity index (χ3v) is 2.36. The SMILES string of the molecule is OC1c2ccccc2COC1C(F)F. The van der Waals surface area contributed by atoms with Gasteiger partial charge in [0.1, 0.15) is 12.2 Å². The zero-order valence-corrected chi connectivity index (χ0v) is 7.36. The first kappa shape index (κ1) is 9.55. The number of fused-ring (bicyclic) bond motifs is 1. The van der Waals surface area contributed by atoms with Crippen molar-refractivity contribution < 1.29 is 18.6 Å². The predicted molar refractivity (Wildman–Crippen MR) is 46.0 cm³/mol. The van der Waals surface area contributed by atoms with Crippen LogP contribution in [0.4, 0.5) is 8.78 Å². The first-order valence-corrected chi connectivity index (χ1v) is 4.36. The molecule has 0 saturated heterocycles. The van der Waals surface area contributed by atoms with Crippen LogP contribution in [0.1, 0.15) is 17.2 Å². The molecule has 1 aliphatic heterocycles. The Morgan fingerprint density at radius 1 is 1.36 bits per heavy atom. The molecule has 0 amide bonds. The lowest BCUT2D eigenvalue weighted by atomic mass is 9.96. The molecule has 0 saturated carbocycles. The number of alkyl halides is 2. The Morgan fingerprint density at radius 3 is 2.79 bits per heavy atom. The van der Waals surface area contributed by atoms with Crippen molar-refractivity contribution in [3.8, 4) is 0 Å². The summed E-state index contributed by atoms with van der Waals surface area (Å²) < 4.78 is 29.6. The van der Waals surface area contributed by atoms with Gasteiger partial charge in [0.2, 0.25) is 0 Å². The van der Waals surface area contributed by atoms with Gasteiger partial charge in [-0.3, -0.25) is 0 Å². The number of aliphatic hydroxyl groups is 1. The largest absolute Gasteiger partial charge is 0.385 e. The molecule has 76 valence electrons. The van der Waals surface area contributed by atoms with Gasteiger partial charge >= 0.3 is 0 Å². The van der Waals surface area contributed by atoms with Crippen LogP contribution in [-0.2, 0) is 11.3 Å². The van der Waals surface area contributed by atoms with Crippen LogP contribution in [0.15, 0.2) is 24.3 Å². The lowest BCUT2D eigenvalue weighted by molar-refractivity contribution is -0.133. The minimum atomic E-state index is -2.65. The smallest absolute Gasteiger partial charge is 0.267 e. The highest BCUT2D eigenvalue weighted by molar-refractivity contribution is 5.30. The minimum Gasteiger partial charge on any atom is -0.385 e. The molecule has 1 aromatic rings. The van der Waals surface area contributed by atoms with E-state index in [1.54, 1.807) is 24.3 Å². The van der Waals surface area contributed by atoms with Crippen molar-refractivity contribution in [3.05, 3.63) is 35.4 Å². The Balaban J connectivity index is 2.31. The fourth-order valence-corrected chi connectivity index (χ4v) is 1.62. The van der Waals surface area contributed by atoms with Gasteiger partial charge in [-0.05, 0) is 11.1 Å². The highest BCUT2D eigenvalue weighted by Gasteiger charge is 2.34. The lowest BCUT2D eigenvalue weighted by Crippen LogP contribution is -2.33. The Bertz CT molecular complexity index is 328. The average Bonchev–Trinajstić information content (AvgIpc) is 2.18. The third-order valence-electron chi connectivity index (χ3n) is 2.36. The van der Waals surface area contributed by atoms with E-state index in [0.717, 1.165) is 5.56 Å². The summed E-state index contributed by atoms with van der Waals surface area (Å²) in [5, 5.41) is 9.59. The monoisotopic (exact) mass is 200 g/mol. The van der Waals surface area contributed by atoms with E-state index in [1.807, 2.05) is 0 Å². The predicted octanol–water partition coefficient (Wildman–Crippen LogP) is 1.88. The molecule has 2 unspecified atom stereocenters. The van der Waals surface area contributed by atoms with E-state index >= 15 is 0 Å². The minimum absolute atomic E-state index is 0.141. The van der Waals surface area contributed by atoms with Crippen LogP contribution in [-0.4, -0.2) is 17.6 Å². The van der Waals surface area contributed by atoms with Crippen LogP contribution in [0.5, 0.6) is 0 Å². The topological polar surface area (TPSA) is 29.5 Å². The van der Waals surface area contributed by atoms with Gasteiger partial charge in [-0.1, -0.05) is 24.3 Å². The summed E-state index contributed by atoms with van der Waals surface area (Å²) >= 11 is 0. The number of ether oxygens (including phenoxy) is 1. The first-order valence-electron chi connectivity index (χ1n) is 4.36. The van der Waals surface area contributed by atoms with E-state index in [4.69, 9.17) is 4.74 Å². The quantitative estimate of drug-likeness (QED) is 0.750. The lowest BCUT2D eigenvalue weighted by Gasteiger charge is -2.29. The standard InChI is InChI=1S/C10H10F2O2/c11-10(12)9-8(13)7-4-2-1-3-6(7)5-14-9/h1-4,8-10,13H,5H2. The Labute approximate surface area is 80.1 Å². The molecular formula is C10H10F2O2. The number of rotatable bonds is 1. The molecule has 0 fully saturated rings. The maximum atomic E-state index is 12.4. The molecule has 1 aromatic carbocycles. The van der Waals surface area contributed by atoms with E-state index in [2.05, 4.69) is 0 Å². The molecule has 2 atom stereocenters. The highest BCUT2D eigenvalue weighted by atomic mass is 19.3. The molecule has 0 spiro atoms. The van der Waals surface area contributed by atoms with Gasteiger partial charge in [0, 0.05) is 0 Å². The van der Waals surface area contributed by atoms with Gasteiger partial charge in [-0.2, -0.15) is 0 Å². The number of benzene rings is 1. The molecule has 1 N–H and O–H groups in total. The zero-order valence-electron chi connectivity index (χ0n) is 7.36. The van der Waals surface area contributed by atoms with Gasteiger partial charge in [0.05, 0.1) is 6.61 Å². The number of halogens is 2. The second-order valence-electron chi connectivity index (χ2n) is 3.25. The maximum Gasteiger partial charge on any atom is 0.267 e. The van der Waals surface area contributed by atoms with Crippen LogP contribution >= 0.6 is 0 Å². The summed E-state index contributed by atoms with van der Waals surface area (Å²) in [6.45, 7) is 0.141. The van der Waals surface area contributed by atoms with Crippen molar-refractivity contribution in [2.75, 3.05) is 0 Å². The summed E-state index contributed by atoms with van der Waals surface area (Å²) in [6, 6.07) is 6.92. The van der Waals surface area contributed by atoms with Crippen LogP contribution in [0.2, 0.25) is 0 Å². The second-order valence-corrected chi connectivity index (χ2v) is 3.25. The highest BCUT2D eigenvalue weighted by Crippen LogP contribution is 2.31. The zero-order chi connectivity index (χ0) is 10.1. The van der Waals surface area contributed by atoms with Crippen molar-refractivity contribution in [2.24, 2.45) is 0 Å². The fraction of sp³-hybridized carbons (Fsp3) is 0.400. The van der Waals surface area contributed by atoms with Gasteiger partial charge < -0.3 is 9.84 Å². The number of aliphatic hydroxyl groups excluding tert-OH is 1. The van der Waals surface area contributed by atoms with Crippen LogP contribution in [0, 0.1) is 0 Å². The molecule has 0 aromatic heterocycles. The summed E-state index contributed by atoms with van der Waals surface area (Å²) in [7, 11) is 0. The Kier molecular flexibility index (Phi) is 2.48. The second kappa shape index (κ2) is 3.63. The summed E-state index contributed by atoms with van der Waals surface area (Å²) in [5.41, 5.74) is 1.32. The van der Waals surface area contributed by atoms with Gasteiger partial charge in [0.15, 0.2) is 0 Å². The molecule has 2 rings (SSSR count). The molecule has 1 aliphatic rings. The molecule has 0 radical (unpaired) electrons. The molecular weight excluding hydrogens is 190 g/mol. The average molecular weight is 200 g/mol. The van der Waals surface area contributed by atoms with E-state index in [-0.39, 0.29) is 6.61 Å². The third kappa shape index (κ3) is 1.51. The van der Waals surface area contributed by atoms with Crippen LogP contribution in [0.3, 0.4) is 0 Å². The molecule has 1 heterocycles. The van der Waals surface area contributed by atoms with Crippen molar-refractivity contribution in [2.45, 2.75) is 25.2 Å². The molecule has 0 aliphatic carbocycles. The normalized spacial score (nSPS) is 26.3. The van der Waals surface area contributed by atoms with Crippen molar-refractivity contribution >= 4 is 0 Å². The van der Waals surface area contributed by atoms with Gasteiger partial charge in [0.25, 0.3) is 6.43 Å². The van der Waals surface area contributed by atoms with Gasteiger partial charge in [-0.15, -0.1) is 0 Å². The van der Waals surface area contributed by atoms with E-state index in [1.165, 1.54) is 0 Å². The summed E-state index contributed by atoms with van der Waals surface area (Å²) in [6.07, 6.45) is -5.27. The van der Waals surface area contributed by atoms with Crippen molar-refractivity contribution in [1.29, 1.82) is 0 Å². The summed E-state index contributed by atoms with van der Waals surface area (Å²) in [4.78, 5) is 0. The van der Waals surface area contributed by atoms with Gasteiger partial charge in [-0.25, -0.2) is 8.78 Å². The molecule has 4 heteroatoms. The summed E-state index contributed by atoms with van der Waals surface area (Å²) in [5.74, 6) is 0. The number of hydrogen-bond donors (Lipinski definition) is 1. The van der Waals surface area contributed by atoms with E-state index in [0.29, 0.717) is 5.56 Å². The Morgan fingerprint density at radius 2 is 2.07 bits per heavy atom. The molecule has 0 bridgehead atoms. The number of hydrogen-bond acceptors (Lipinski definition) is 2. The van der Waals surface area contributed by atoms with Crippen LogP contribution in [0.25, 0.3) is 0 Å². The maximum absolute atomic E-state index is 12.4. The van der Waals surface area contributed by atoms with E-state index in [9.17, 15) is 13.9 Å².